The van der Waals surface area contributed by atoms with E-state index in [0.29, 0.717) is 25.6 Å². The number of rotatable bonds is 5. The van der Waals surface area contributed by atoms with E-state index in [2.05, 4.69) is 15.3 Å². The van der Waals surface area contributed by atoms with Crippen LogP contribution in [0.25, 0.3) is 0 Å². The zero-order valence-corrected chi connectivity index (χ0v) is 9.41. The maximum Gasteiger partial charge on any atom is 0.251 e. The van der Waals surface area contributed by atoms with Crippen molar-refractivity contribution in [1.29, 1.82) is 0 Å². The fraction of sp³-hybridized carbons (Fsp3) is 0.273. The quantitative estimate of drug-likeness (QED) is 0.658. The fourth-order valence-electron chi connectivity index (χ4n) is 1.46. The van der Waals surface area contributed by atoms with Gasteiger partial charge in [0.15, 0.2) is 17.5 Å². The van der Waals surface area contributed by atoms with E-state index in [-0.39, 0.29) is 5.82 Å². The number of hydrogen-bond acceptors (Lipinski definition) is 3. The molecule has 1 N–H and O–H groups in total. The first-order valence-electron chi connectivity index (χ1n) is 5.38. The second kappa shape index (κ2) is 5.52. The summed E-state index contributed by atoms with van der Waals surface area (Å²) in [7, 11) is 0. The number of nitrogens with zero attached hydrogens (tertiary/aromatic N) is 3. The van der Waals surface area contributed by atoms with Crippen molar-refractivity contribution in [2.24, 2.45) is 0 Å². The van der Waals surface area contributed by atoms with Gasteiger partial charge in [-0.1, -0.05) is 0 Å². The van der Waals surface area contributed by atoms with E-state index in [1.54, 1.807) is 18.7 Å². The highest BCUT2D eigenvalue weighted by atomic mass is 19.2. The molecule has 7 heteroatoms. The van der Waals surface area contributed by atoms with E-state index in [1.807, 2.05) is 4.57 Å². The van der Waals surface area contributed by atoms with Crippen LogP contribution in [0.5, 0.6) is 0 Å². The number of hydrogen-bond donors (Lipinski definition) is 1. The summed E-state index contributed by atoms with van der Waals surface area (Å²) in [5.74, 6) is -3.79. The van der Waals surface area contributed by atoms with Gasteiger partial charge in [-0.2, -0.15) is 9.37 Å². The molecule has 0 spiro atoms. The first-order valence-corrected chi connectivity index (χ1v) is 5.38. The molecular formula is C11H11F3N4. The summed E-state index contributed by atoms with van der Waals surface area (Å²) < 4.78 is 40.4. The SMILES string of the molecule is Fc1cc(F)c(NCCCn2ccnc2)nc1F. The van der Waals surface area contributed by atoms with E-state index in [1.165, 1.54) is 0 Å². The van der Waals surface area contributed by atoms with Gasteiger partial charge in [0.05, 0.1) is 6.33 Å². The van der Waals surface area contributed by atoms with Gasteiger partial charge in [-0.25, -0.2) is 13.8 Å². The molecule has 0 aromatic carbocycles. The van der Waals surface area contributed by atoms with Crippen molar-refractivity contribution in [1.82, 2.24) is 14.5 Å². The monoisotopic (exact) mass is 256 g/mol. The first-order chi connectivity index (χ1) is 8.66. The molecule has 0 unspecified atom stereocenters. The molecule has 0 bridgehead atoms. The average molecular weight is 256 g/mol. The van der Waals surface area contributed by atoms with Crippen LogP contribution in [0.4, 0.5) is 19.0 Å². The molecule has 2 heterocycles. The Hall–Kier alpha value is -2.05. The zero-order chi connectivity index (χ0) is 13.0. The number of imidazole rings is 1. The number of anilines is 1. The van der Waals surface area contributed by atoms with E-state index >= 15 is 0 Å². The lowest BCUT2D eigenvalue weighted by atomic mass is 10.4. The predicted octanol–water partition coefficient (Wildman–Crippen LogP) is 2.20. The molecule has 0 saturated carbocycles. The zero-order valence-electron chi connectivity index (χ0n) is 9.41. The minimum atomic E-state index is -1.31. The molecule has 0 aliphatic rings. The Morgan fingerprint density at radius 1 is 1.22 bits per heavy atom. The maximum atomic E-state index is 13.2. The molecule has 4 nitrogen and oxygen atoms in total. The number of aryl methyl sites for hydroxylation is 1. The molecular weight excluding hydrogens is 245 g/mol. The van der Waals surface area contributed by atoms with Crippen molar-refractivity contribution < 1.29 is 13.2 Å². The van der Waals surface area contributed by atoms with Gasteiger partial charge in [-0.3, -0.25) is 0 Å². The minimum absolute atomic E-state index is 0.278. The lowest BCUT2D eigenvalue weighted by molar-refractivity contribution is 0.466. The van der Waals surface area contributed by atoms with Crippen molar-refractivity contribution in [2.45, 2.75) is 13.0 Å². The van der Waals surface area contributed by atoms with E-state index in [0.717, 1.165) is 0 Å². The molecule has 0 amide bonds. The van der Waals surface area contributed by atoms with Crippen LogP contribution in [0.3, 0.4) is 0 Å². The van der Waals surface area contributed by atoms with Gasteiger partial charge in [-0.05, 0) is 6.42 Å². The maximum absolute atomic E-state index is 13.2. The number of aromatic nitrogens is 3. The topological polar surface area (TPSA) is 42.7 Å². The third-order valence-corrected chi connectivity index (χ3v) is 2.33. The molecule has 0 atom stereocenters. The van der Waals surface area contributed by atoms with Crippen LogP contribution in [-0.2, 0) is 6.54 Å². The van der Waals surface area contributed by atoms with Crippen molar-refractivity contribution in [2.75, 3.05) is 11.9 Å². The smallest absolute Gasteiger partial charge is 0.251 e. The normalized spacial score (nSPS) is 10.6. The molecule has 0 aliphatic heterocycles. The second-order valence-corrected chi connectivity index (χ2v) is 3.67. The summed E-state index contributed by atoms with van der Waals surface area (Å²) in [6.07, 6.45) is 5.80. The molecule has 2 aromatic rings. The van der Waals surface area contributed by atoms with Crippen LogP contribution in [-0.4, -0.2) is 21.1 Å². The molecule has 2 aromatic heterocycles. The van der Waals surface area contributed by atoms with E-state index in [4.69, 9.17) is 0 Å². The Morgan fingerprint density at radius 3 is 2.78 bits per heavy atom. The Balaban J connectivity index is 1.85. The van der Waals surface area contributed by atoms with E-state index < -0.39 is 17.6 Å². The van der Waals surface area contributed by atoms with Gasteiger partial charge in [-0.15, -0.1) is 0 Å². The second-order valence-electron chi connectivity index (χ2n) is 3.67. The van der Waals surface area contributed by atoms with Gasteiger partial charge in [0.1, 0.15) is 0 Å². The molecule has 96 valence electrons. The lowest BCUT2D eigenvalue weighted by Crippen LogP contribution is -2.09. The average Bonchev–Trinajstić information content (AvgIpc) is 2.84. The standard InChI is InChI=1S/C11H11F3N4/c12-8-6-9(13)11(17-10(8)14)16-2-1-4-18-5-3-15-7-18/h3,5-7H,1-2,4H2,(H,16,17). The van der Waals surface area contributed by atoms with E-state index in [9.17, 15) is 13.2 Å². The van der Waals surface area contributed by atoms with Crippen molar-refractivity contribution >= 4 is 5.82 Å². The Morgan fingerprint density at radius 2 is 2.06 bits per heavy atom. The molecule has 18 heavy (non-hydrogen) atoms. The van der Waals surface area contributed by atoms with Gasteiger partial charge in [0.25, 0.3) is 5.95 Å². The van der Waals surface area contributed by atoms with Crippen molar-refractivity contribution in [3.8, 4) is 0 Å². The lowest BCUT2D eigenvalue weighted by Gasteiger charge is -2.07. The van der Waals surface area contributed by atoms with Crippen LogP contribution in [0, 0.1) is 17.6 Å². The van der Waals surface area contributed by atoms with Crippen molar-refractivity contribution in [3.05, 3.63) is 42.4 Å². The van der Waals surface area contributed by atoms with Crippen molar-refractivity contribution in [3.63, 3.8) is 0 Å². The summed E-state index contributed by atoms with van der Waals surface area (Å²) in [5, 5.41) is 2.62. The Kier molecular flexibility index (Phi) is 3.81. The number of halogens is 3. The van der Waals surface area contributed by atoms with Gasteiger partial charge in [0, 0.05) is 31.5 Å². The van der Waals surface area contributed by atoms with Crippen LogP contribution >= 0.6 is 0 Å². The number of nitrogens with one attached hydrogen (secondary N) is 1. The Bertz CT molecular complexity index is 513. The Labute approximate surface area is 101 Å². The minimum Gasteiger partial charge on any atom is -0.367 e. The predicted molar refractivity (Wildman–Crippen MR) is 59.4 cm³/mol. The first kappa shape index (κ1) is 12.4. The van der Waals surface area contributed by atoms with Crippen LogP contribution in [0.1, 0.15) is 6.42 Å². The number of pyridine rings is 1. The molecule has 0 aliphatic carbocycles. The molecule has 2 rings (SSSR count). The summed E-state index contributed by atoms with van der Waals surface area (Å²) in [6, 6.07) is 0.473. The van der Waals surface area contributed by atoms with Crippen LogP contribution in [0.15, 0.2) is 24.8 Å². The fourth-order valence-corrected chi connectivity index (χ4v) is 1.46. The third kappa shape index (κ3) is 2.99. The summed E-state index contributed by atoms with van der Waals surface area (Å²) in [4.78, 5) is 7.03. The highest BCUT2D eigenvalue weighted by Gasteiger charge is 2.10. The summed E-state index contributed by atoms with van der Waals surface area (Å²) >= 11 is 0. The highest BCUT2D eigenvalue weighted by molar-refractivity contribution is 5.35. The van der Waals surface area contributed by atoms with Crippen LogP contribution < -0.4 is 5.32 Å². The largest absolute Gasteiger partial charge is 0.367 e. The molecule has 0 fully saturated rings. The van der Waals surface area contributed by atoms with Gasteiger partial charge < -0.3 is 9.88 Å². The van der Waals surface area contributed by atoms with Crippen LogP contribution in [0.2, 0.25) is 0 Å². The highest BCUT2D eigenvalue weighted by Crippen LogP contribution is 2.14. The van der Waals surface area contributed by atoms with Gasteiger partial charge >= 0.3 is 0 Å². The summed E-state index contributed by atoms with van der Waals surface area (Å²) in [6.45, 7) is 1.09. The third-order valence-electron chi connectivity index (χ3n) is 2.33. The van der Waals surface area contributed by atoms with Gasteiger partial charge in [0.2, 0.25) is 0 Å². The molecule has 0 radical (unpaired) electrons. The molecule has 0 saturated heterocycles. The summed E-state index contributed by atoms with van der Waals surface area (Å²) in [5.41, 5.74) is 0.